The van der Waals surface area contributed by atoms with Gasteiger partial charge in [-0.3, -0.25) is 9.69 Å². The maximum Gasteiger partial charge on any atom is 0.331 e. The summed E-state index contributed by atoms with van der Waals surface area (Å²) >= 11 is 0. The number of carboxylic acids is 1. The lowest BCUT2D eigenvalue weighted by molar-refractivity contribution is -0.134. The van der Waals surface area contributed by atoms with Crippen LogP contribution in [0.5, 0.6) is 0 Å². The summed E-state index contributed by atoms with van der Waals surface area (Å²) in [6, 6.07) is 0.462. The van der Waals surface area contributed by atoms with E-state index in [0.29, 0.717) is 18.2 Å². The summed E-state index contributed by atoms with van der Waals surface area (Å²) in [6.45, 7) is 6.60. The second-order valence-corrected chi connectivity index (χ2v) is 5.49. The van der Waals surface area contributed by atoms with E-state index in [-0.39, 0.29) is 11.5 Å². The van der Waals surface area contributed by atoms with Crippen LogP contribution in [0, 0.1) is 0 Å². The molecule has 0 aliphatic carbocycles. The number of piperazine rings is 1. The van der Waals surface area contributed by atoms with Crippen molar-refractivity contribution in [3.8, 4) is 0 Å². The maximum absolute atomic E-state index is 12.3. The van der Waals surface area contributed by atoms with Crippen molar-refractivity contribution < 1.29 is 14.7 Å². The van der Waals surface area contributed by atoms with Crippen molar-refractivity contribution in [1.29, 1.82) is 0 Å². The van der Waals surface area contributed by atoms with Gasteiger partial charge in [0.25, 0.3) is 0 Å². The number of carboxylic acid groups (broad SMARTS) is 1. The minimum Gasteiger partial charge on any atom is -0.478 e. The van der Waals surface area contributed by atoms with Crippen LogP contribution in [0.1, 0.15) is 33.1 Å². The van der Waals surface area contributed by atoms with Crippen molar-refractivity contribution in [2.24, 2.45) is 0 Å². The highest BCUT2D eigenvalue weighted by Crippen LogP contribution is 2.22. The first-order chi connectivity index (χ1) is 9.00. The van der Waals surface area contributed by atoms with Gasteiger partial charge in [-0.05, 0) is 33.2 Å². The van der Waals surface area contributed by atoms with Gasteiger partial charge in [0.05, 0.1) is 0 Å². The molecule has 1 N–H and O–H groups in total. The number of rotatable bonds is 2. The average Bonchev–Trinajstić information content (AvgIpc) is 2.44. The Kier molecular flexibility index (Phi) is 4.24. The van der Waals surface area contributed by atoms with Gasteiger partial charge in [-0.15, -0.1) is 0 Å². The zero-order valence-electron chi connectivity index (χ0n) is 11.7. The zero-order chi connectivity index (χ0) is 14.0. The third-order valence-corrected chi connectivity index (χ3v) is 4.33. The van der Waals surface area contributed by atoms with Crippen LogP contribution in [-0.4, -0.2) is 59.0 Å². The number of fused-ring (bicyclic) bond motifs is 1. The van der Waals surface area contributed by atoms with Crippen molar-refractivity contribution in [2.75, 3.05) is 26.2 Å². The molecule has 0 aromatic rings. The molecule has 0 radical (unpaired) electrons. The summed E-state index contributed by atoms with van der Waals surface area (Å²) in [5, 5.41) is 8.95. The van der Waals surface area contributed by atoms with E-state index in [9.17, 15) is 9.59 Å². The molecule has 0 aromatic carbocycles. The number of aliphatic carboxylic acids is 1. The highest BCUT2D eigenvalue weighted by Gasteiger charge is 2.31. The van der Waals surface area contributed by atoms with Crippen LogP contribution in [0.3, 0.4) is 0 Å². The summed E-state index contributed by atoms with van der Waals surface area (Å²) in [5.74, 6) is -1.13. The Bertz CT molecular complexity index is 417. The van der Waals surface area contributed by atoms with Gasteiger partial charge >= 0.3 is 5.97 Å². The Hall–Kier alpha value is -1.36. The van der Waals surface area contributed by atoms with Gasteiger partial charge in [-0.25, -0.2) is 4.79 Å². The molecule has 0 saturated carbocycles. The smallest absolute Gasteiger partial charge is 0.331 e. The molecule has 106 valence electrons. The predicted molar refractivity (Wildman–Crippen MR) is 71.8 cm³/mol. The third kappa shape index (κ3) is 2.97. The standard InChI is InChI=1S/C14H22N2O3/c1-10(11(2)14(18)19)13(17)16-8-7-15-6-4-3-5-12(15)9-16/h12H,3-9H2,1-2H3,(H,18,19). The molecular formula is C14H22N2O3. The van der Waals surface area contributed by atoms with E-state index in [2.05, 4.69) is 4.90 Å². The van der Waals surface area contributed by atoms with E-state index in [1.807, 2.05) is 4.90 Å². The SMILES string of the molecule is CC(C(=O)O)=C(C)C(=O)N1CCN2CCCCC2C1. The summed E-state index contributed by atoms with van der Waals surface area (Å²) in [7, 11) is 0. The third-order valence-electron chi connectivity index (χ3n) is 4.33. The van der Waals surface area contributed by atoms with Gasteiger partial charge in [-0.1, -0.05) is 6.42 Å². The van der Waals surface area contributed by atoms with E-state index in [0.717, 1.165) is 26.1 Å². The first-order valence-corrected chi connectivity index (χ1v) is 6.95. The molecule has 2 fully saturated rings. The van der Waals surface area contributed by atoms with Crippen LogP contribution < -0.4 is 0 Å². The molecule has 2 saturated heterocycles. The molecule has 2 rings (SSSR count). The molecule has 0 aromatic heterocycles. The van der Waals surface area contributed by atoms with Crippen LogP contribution >= 0.6 is 0 Å². The Morgan fingerprint density at radius 1 is 1.05 bits per heavy atom. The maximum atomic E-state index is 12.3. The molecule has 2 heterocycles. The summed E-state index contributed by atoms with van der Waals surface area (Å²) in [6.07, 6.45) is 3.62. The molecule has 5 nitrogen and oxygen atoms in total. The normalized spacial score (nSPS) is 25.6. The predicted octanol–water partition coefficient (Wildman–Crippen LogP) is 1.10. The van der Waals surface area contributed by atoms with Crippen molar-refractivity contribution in [3.05, 3.63) is 11.1 Å². The Balaban J connectivity index is 2.05. The number of carbonyl (C=O) groups is 2. The first-order valence-electron chi connectivity index (χ1n) is 6.95. The second kappa shape index (κ2) is 5.74. The first kappa shape index (κ1) is 14.1. The molecule has 2 aliphatic rings. The summed E-state index contributed by atoms with van der Waals surface area (Å²) < 4.78 is 0. The van der Waals surface area contributed by atoms with Crippen molar-refractivity contribution >= 4 is 11.9 Å². The molecule has 1 atom stereocenters. The van der Waals surface area contributed by atoms with E-state index >= 15 is 0 Å². The van der Waals surface area contributed by atoms with Gasteiger partial charge in [0, 0.05) is 36.8 Å². The van der Waals surface area contributed by atoms with Crippen molar-refractivity contribution in [3.63, 3.8) is 0 Å². The molecule has 19 heavy (non-hydrogen) atoms. The van der Waals surface area contributed by atoms with Crippen LogP contribution in [0.15, 0.2) is 11.1 Å². The number of carbonyl (C=O) groups excluding carboxylic acids is 1. The number of hydrogen-bond acceptors (Lipinski definition) is 3. The van der Waals surface area contributed by atoms with Crippen molar-refractivity contribution in [2.45, 2.75) is 39.2 Å². The average molecular weight is 266 g/mol. The van der Waals surface area contributed by atoms with Gasteiger partial charge in [0.15, 0.2) is 0 Å². The molecule has 1 amide bonds. The molecule has 0 spiro atoms. The molecular weight excluding hydrogens is 244 g/mol. The van der Waals surface area contributed by atoms with E-state index < -0.39 is 5.97 Å². The van der Waals surface area contributed by atoms with Gasteiger partial charge in [0.2, 0.25) is 5.91 Å². The summed E-state index contributed by atoms with van der Waals surface area (Å²) in [5.41, 5.74) is 0.507. The largest absolute Gasteiger partial charge is 0.478 e. The quantitative estimate of drug-likeness (QED) is 0.760. The van der Waals surface area contributed by atoms with Crippen LogP contribution in [0.25, 0.3) is 0 Å². The lowest BCUT2D eigenvalue weighted by atomic mass is 9.99. The zero-order valence-corrected chi connectivity index (χ0v) is 11.7. The minimum atomic E-state index is -1.01. The van der Waals surface area contributed by atoms with E-state index in [1.54, 1.807) is 6.92 Å². The van der Waals surface area contributed by atoms with E-state index in [4.69, 9.17) is 5.11 Å². The topological polar surface area (TPSA) is 60.9 Å². The van der Waals surface area contributed by atoms with Gasteiger partial charge in [-0.2, -0.15) is 0 Å². The number of hydrogen-bond donors (Lipinski definition) is 1. The fraction of sp³-hybridized carbons (Fsp3) is 0.714. The number of amides is 1. The minimum absolute atomic E-state index is 0.120. The van der Waals surface area contributed by atoms with E-state index in [1.165, 1.54) is 19.8 Å². The van der Waals surface area contributed by atoms with Crippen molar-refractivity contribution in [1.82, 2.24) is 9.80 Å². The van der Waals surface area contributed by atoms with Gasteiger partial charge in [0.1, 0.15) is 0 Å². The Morgan fingerprint density at radius 2 is 1.79 bits per heavy atom. The lowest BCUT2D eigenvalue weighted by Gasteiger charge is -2.44. The fourth-order valence-electron chi connectivity index (χ4n) is 2.90. The van der Waals surface area contributed by atoms with Crippen LogP contribution in [-0.2, 0) is 9.59 Å². The molecule has 0 bridgehead atoms. The molecule has 1 unspecified atom stereocenters. The Morgan fingerprint density at radius 3 is 2.47 bits per heavy atom. The summed E-state index contributed by atoms with van der Waals surface area (Å²) in [4.78, 5) is 27.5. The van der Waals surface area contributed by atoms with Crippen LogP contribution in [0.4, 0.5) is 0 Å². The lowest BCUT2D eigenvalue weighted by Crippen LogP contribution is -2.56. The Labute approximate surface area is 113 Å². The monoisotopic (exact) mass is 266 g/mol. The second-order valence-electron chi connectivity index (χ2n) is 5.49. The van der Waals surface area contributed by atoms with Gasteiger partial charge < -0.3 is 10.0 Å². The molecule has 2 aliphatic heterocycles. The highest BCUT2D eigenvalue weighted by molar-refractivity contribution is 6.01. The molecule has 5 heteroatoms. The number of nitrogens with zero attached hydrogens (tertiary/aromatic N) is 2. The van der Waals surface area contributed by atoms with Crippen LogP contribution in [0.2, 0.25) is 0 Å². The fourth-order valence-corrected chi connectivity index (χ4v) is 2.90. The number of piperidine rings is 1. The highest BCUT2D eigenvalue weighted by atomic mass is 16.4.